The quantitative estimate of drug-likeness (QED) is 0.232. The normalized spacial score (nSPS) is 12.3. The van der Waals surface area contributed by atoms with Gasteiger partial charge in [-0.05, 0) is 76.9 Å². The minimum atomic E-state index is -5.91. The fourth-order valence-corrected chi connectivity index (χ4v) is 3.87. The van der Waals surface area contributed by atoms with Crippen molar-refractivity contribution < 1.29 is 49.0 Å². The zero-order valence-electron chi connectivity index (χ0n) is 18.7. The Balaban J connectivity index is 1.72. The van der Waals surface area contributed by atoms with Crippen molar-refractivity contribution in [2.45, 2.75) is 19.4 Å². The van der Waals surface area contributed by atoms with Crippen molar-refractivity contribution in [3.8, 4) is 28.0 Å². The van der Waals surface area contributed by atoms with Gasteiger partial charge in [0.05, 0.1) is 12.2 Å². The number of ether oxygens (including phenoxy) is 2. The number of alkyl halides is 5. The molecule has 0 saturated heterocycles. The first-order chi connectivity index (χ1) is 17.3. The van der Waals surface area contributed by atoms with Gasteiger partial charge in [0.25, 0.3) is 0 Å². The summed E-state index contributed by atoms with van der Waals surface area (Å²) in [6.07, 6.45) is -11.3. The molecule has 2 nitrogen and oxygen atoms in total. The van der Waals surface area contributed by atoms with Crippen LogP contribution in [0, 0.1) is 23.3 Å². The minimum absolute atomic E-state index is 0.0669. The Labute approximate surface area is 203 Å². The molecule has 0 saturated carbocycles. The average molecular weight is 530 g/mol. The smallest absolute Gasteiger partial charge is 0.494 e. The summed E-state index contributed by atoms with van der Waals surface area (Å²) < 4.78 is 130. The zero-order valence-corrected chi connectivity index (χ0v) is 18.7. The lowest BCUT2D eigenvalue weighted by molar-refractivity contribution is -0.432. The van der Waals surface area contributed by atoms with E-state index in [1.54, 1.807) is 36.4 Å². The molecule has 0 aliphatic heterocycles. The van der Waals surface area contributed by atoms with Gasteiger partial charge in [0, 0.05) is 0 Å². The number of hydrogen-bond donors (Lipinski definition) is 0. The van der Waals surface area contributed by atoms with Crippen molar-refractivity contribution in [3.05, 3.63) is 89.5 Å². The first kappa shape index (κ1) is 26.3. The number of rotatable bonds is 6. The number of benzene rings is 4. The van der Waals surface area contributed by atoms with Crippen LogP contribution < -0.4 is 4.74 Å². The highest BCUT2D eigenvalue weighted by Gasteiger charge is 2.49. The molecular weight excluding hydrogens is 515 g/mol. The van der Waals surface area contributed by atoms with Gasteiger partial charge < -0.3 is 4.74 Å². The maximum absolute atomic E-state index is 14.9. The molecule has 4 aromatic carbocycles. The first-order valence-corrected chi connectivity index (χ1v) is 10.6. The molecule has 0 aliphatic carbocycles. The van der Waals surface area contributed by atoms with Gasteiger partial charge in [-0.3, -0.25) is 0 Å². The summed E-state index contributed by atoms with van der Waals surface area (Å²) in [6.45, 7) is 2.30. The third-order valence-electron chi connectivity index (χ3n) is 5.36. The topological polar surface area (TPSA) is 18.5 Å². The Hall–Kier alpha value is -3.73. The van der Waals surface area contributed by atoms with Gasteiger partial charge in [-0.2, -0.15) is 8.78 Å². The van der Waals surface area contributed by atoms with Crippen LogP contribution in [-0.4, -0.2) is 13.0 Å². The SMILES string of the molecule is CCOc1ccc2cc(-c3cc(F)c(-c4cc(F)c(C(F)(F)OC(F)(F)F)c(F)c4)c(F)c3)ccc2c1. The molecule has 4 aromatic rings. The van der Waals surface area contributed by atoms with Gasteiger partial charge in [-0.15, -0.1) is 13.2 Å². The van der Waals surface area contributed by atoms with E-state index in [-0.39, 0.29) is 17.7 Å². The molecule has 0 atom stereocenters. The Kier molecular flexibility index (Phi) is 6.85. The summed E-state index contributed by atoms with van der Waals surface area (Å²) in [4.78, 5) is 0. The van der Waals surface area contributed by atoms with Gasteiger partial charge in [-0.25, -0.2) is 22.3 Å². The molecular formula is C26H15F9O2. The van der Waals surface area contributed by atoms with Gasteiger partial charge in [0.1, 0.15) is 34.6 Å². The van der Waals surface area contributed by atoms with Crippen LogP contribution in [0.3, 0.4) is 0 Å². The summed E-state index contributed by atoms with van der Waals surface area (Å²) in [6, 6.07) is 12.1. The molecule has 37 heavy (non-hydrogen) atoms. The first-order valence-electron chi connectivity index (χ1n) is 10.6. The second-order valence-electron chi connectivity index (χ2n) is 7.85. The predicted molar refractivity (Wildman–Crippen MR) is 117 cm³/mol. The summed E-state index contributed by atoms with van der Waals surface area (Å²) in [7, 11) is 0. The largest absolute Gasteiger partial charge is 0.527 e. The Bertz CT molecular complexity index is 1430. The lowest BCUT2D eigenvalue weighted by Gasteiger charge is -2.20. The molecule has 0 spiro atoms. The highest BCUT2D eigenvalue weighted by Crippen LogP contribution is 2.41. The van der Waals surface area contributed by atoms with E-state index < -0.39 is 52.4 Å². The molecule has 4 rings (SSSR count). The molecule has 0 aliphatic rings. The predicted octanol–water partition coefficient (Wildman–Crippen LogP) is 8.71. The van der Waals surface area contributed by atoms with E-state index in [0.29, 0.717) is 17.9 Å². The lowest BCUT2D eigenvalue weighted by Crippen LogP contribution is -2.29. The van der Waals surface area contributed by atoms with Crippen molar-refractivity contribution in [1.82, 2.24) is 0 Å². The van der Waals surface area contributed by atoms with Crippen molar-refractivity contribution in [2.24, 2.45) is 0 Å². The summed E-state index contributed by atoms with van der Waals surface area (Å²) in [5.74, 6) is -6.31. The minimum Gasteiger partial charge on any atom is -0.494 e. The van der Waals surface area contributed by atoms with E-state index in [4.69, 9.17) is 4.74 Å². The summed E-state index contributed by atoms with van der Waals surface area (Å²) >= 11 is 0. The van der Waals surface area contributed by atoms with Crippen molar-refractivity contribution in [2.75, 3.05) is 6.61 Å². The molecule has 0 fully saturated rings. The van der Waals surface area contributed by atoms with E-state index in [9.17, 15) is 39.5 Å². The summed E-state index contributed by atoms with van der Waals surface area (Å²) in [5.41, 5.74) is -3.69. The second-order valence-corrected chi connectivity index (χ2v) is 7.85. The van der Waals surface area contributed by atoms with Crippen molar-refractivity contribution in [3.63, 3.8) is 0 Å². The third kappa shape index (κ3) is 5.51. The maximum atomic E-state index is 14.9. The number of hydrogen-bond acceptors (Lipinski definition) is 2. The molecule has 0 unspecified atom stereocenters. The van der Waals surface area contributed by atoms with Crippen LogP contribution in [0.2, 0.25) is 0 Å². The molecule has 0 amide bonds. The third-order valence-corrected chi connectivity index (χ3v) is 5.36. The Morgan fingerprint density at radius 2 is 1.16 bits per heavy atom. The fraction of sp³-hybridized carbons (Fsp3) is 0.154. The van der Waals surface area contributed by atoms with E-state index in [0.717, 1.165) is 22.9 Å². The van der Waals surface area contributed by atoms with E-state index in [2.05, 4.69) is 4.74 Å². The van der Waals surface area contributed by atoms with Gasteiger partial charge in [0.15, 0.2) is 0 Å². The van der Waals surface area contributed by atoms with E-state index >= 15 is 0 Å². The fourth-order valence-electron chi connectivity index (χ4n) is 3.87. The summed E-state index contributed by atoms with van der Waals surface area (Å²) in [5, 5.41) is 1.53. The molecule has 194 valence electrons. The van der Waals surface area contributed by atoms with Crippen LogP contribution >= 0.6 is 0 Å². The molecule has 0 bridgehead atoms. The molecule has 0 heterocycles. The Morgan fingerprint density at radius 1 is 0.622 bits per heavy atom. The van der Waals surface area contributed by atoms with Crippen molar-refractivity contribution in [1.29, 1.82) is 0 Å². The maximum Gasteiger partial charge on any atom is 0.527 e. The molecule has 0 N–H and O–H groups in total. The van der Waals surface area contributed by atoms with Crippen LogP contribution in [-0.2, 0) is 10.8 Å². The lowest BCUT2D eigenvalue weighted by atomic mass is 9.96. The average Bonchev–Trinajstić information content (AvgIpc) is 2.76. The van der Waals surface area contributed by atoms with E-state index in [1.807, 2.05) is 6.92 Å². The molecule has 0 aromatic heterocycles. The number of halogens is 9. The number of fused-ring (bicyclic) bond motifs is 1. The van der Waals surface area contributed by atoms with Gasteiger partial charge in [-0.1, -0.05) is 18.2 Å². The highest BCUT2D eigenvalue weighted by molar-refractivity contribution is 5.88. The van der Waals surface area contributed by atoms with Gasteiger partial charge in [0.2, 0.25) is 0 Å². The van der Waals surface area contributed by atoms with Gasteiger partial charge >= 0.3 is 12.5 Å². The Morgan fingerprint density at radius 3 is 1.73 bits per heavy atom. The van der Waals surface area contributed by atoms with Crippen LogP contribution in [0.15, 0.2) is 60.7 Å². The molecule has 11 heteroatoms. The second kappa shape index (κ2) is 9.62. The monoisotopic (exact) mass is 530 g/mol. The van der Waals surface area contributed by atoms with Crippen molar-refractivity contribution >= 4 is 10.8 Å². The van der Waals surface area contributed by atoms with E-state index in [1.165, 1.54) is 0 Å². The molecule has 0 radical (unpaired) electrons. The van der Waals surface area contributed by atoms with Crippen LogP contribution in [0.5, 0.6) is 5.75 Å². The zero-order chi connectivity index (χ0) is 27.1. The van der Waals surface area contributed by atoms with Crippen LogP contribution in [0.4, 0.5) is 39.5 Å². The highest BCUT2D eigenvalue weighted by atomic mass is 19.4. The van der Waals surface area contributed by atoms with Crippen LogP contribution in [0.1, 0.15) is 12.5 Å². The standard InChI is InChI=1S/C26H15F9O2/c1-2-36-18-6-5-13-7-14(3-4-15(13)8-18)16-9-19(27)23(20(28)10-16)17-11-21(29)24(22(30)12-17)25(31,32)37-26(33,34)35/h3-12H,2H2,1H3. The van der Waals surface area contributed by atoms with Crippen LogP contribution in [0.25, 0.3) is 33.0 Å².